The van der Waals surface area contributed by atoms with Crippen LogP contribution >= 0.6 is 0 Å². The number of halogens is 1. The number of hydrogen-bond donors (Lipinski definition) is 1. The summed E-state index contributed by atoms with van der Waals surface area (Å²) in [5.74, 6) is -0.580. The third-order valence-electron chi connectivity index (χ3n) is 4.92. The van der Waals surface area contributed by atoms with E-state index in [4.69, 9.17) is 0 Å². The van der Waals surface area contributed by atoms with E-state index < -0.39 is 15.8 Å². The fraction of sp³-hybridized carbons (Fsp3) is 0.318. The van der Waals surface area contributed by atoms with E-state index in [1.54, 1.807) is 24.3 Å². The first-order valence-corrected chi connectivity index (χ1v) is 11.5. The van der Waals surface area contributed by atoms with Gasteiger partial charge in [0.15, 0.2) is 0 Å². The molecule has 0 unspecified atom stereocenters. The van der Waals surface area contributed by atoms with Gasteiger partial charge in [0.25, 0.3) is 5.91 Å². The molecule has 1 aliphatic carbocycles. The van der Waals surface area contributed by atoms with Gasteiger partial charge in [0.05, 0.1) is 18.5 Å². The number of allylic oxidation sites excluding steroid dienone is 1. The highest BCUT2D eigenvalue weighted by Crippen LogP contribution is 2.21. The van der Waals surface area contributed by atoms with Gasteiger partial charge in [0.2, 0.25) is 10.0 Å². The maximum absolute atomic E-state index is 13.2. The first-order chi connectivity index (χ1) is 13.8. The lowest BCUT2D eigenvalue weighted by molar-refractivity contribution is 0.0956. The topological polar surface area (TPSA) is 66.5 Å². The average molecular weight is 417 g/mol. The van der Waals surface area contributed by atoms with Gasteiger partial charge < -0.3 is 5.32 Å². The van der Waals surface area contributed by atoms with Gasteiger partial charge in [-0.1, -0.05) is 23.8 Å². The molecule has 29 heavy (non-hydrogen) atoms. The predicted molar refractivity (Wildman–Crippen MR) is 113 cm³/mol. The molecule has 1 N–H and O–H groups in total. The van der Waals surface area contributed by atoms with E-state index in [2.05, 4.69) is 11.4 Å². The summed E-state index contributed by atoms with van der Waals surface area (Å²) in [7, 11) is -3.55. The number of nitrogens with zero attached hydrogens (tertiary/aromatic N) is 1. The Balaban J connectivity index is 1.67. The summed E-state index contributed by atoms with van der Waals surface area (Å²) in [5.41, 5.74) is 2.91. The number of rotatable bonds is 7. The first-order valence-electron chi connectivity index (χ1n) is 9.61. The van der Waals surface area contributed by atoms with Crippen LogP contribution in [0, 0.1) is 5.82 Å². The zero-order valence-corrected chi connectivity index (χ0v) is 17.2. The van der Waals surface area contributed by atoms with Gasteiger partial charge in [0, 0.05) is 12.1 Å². The van der Waals surface area contributed by atoms with Crippen LogP contribution in [-0.4, -0.2) is 27.1 Å². The second-order valence-corrected chi connectivity index (χ2v) is 9.14. The Morgan fingerprint density at radius 1 is 1.07 bits per heavy atom. The largest absolute Gasteiger partial charge is 0.348 e. The van der Waals surface area contributed by atoms with Gasteiger partial charge in [0.1, 0.15) is 5.82 Å². The van der Waals surface area contributed by atoms with E-state index >= 15 is 0 Å². The lowest BCUT2D eigenvalue weighted by atomic mass is 9.99. The van der Waals surface area contributed by atoms with Crippen molar-refractivity contribution in [3.05, 3.63) is 77.1 Å². The van der Waals surface area contributed by atoms with E-state index in [1.165, 1.54) is 47.0 Å². The molecule has 3 rings (SSSR count). The monoisotopic (exact) mass is 416 g/mol. The number of sulfonamides is 1. The molecule has 1 aliphatic rings. The van der Waals surface area contributed by atoms with E-state index in [1.807, 2.05) is 0 Å². The van der Waals surface area contributed by atoms with E-state index in [-0.39, 0.29) is 12.5 Å². The van der Waals surface area contributed by atoms with Crippen LogP contribution in [0.3, 0.4) is 0 Å². The molecule has 0 bridgehead atoms. The van der Waals surface area contributed by atoms with E-state index in [9.17, 15) is 17.6 Å². The maximum Gasteiger partial charge on any atom is 0.251 e. The number of hydrogen-bond acceptors (Lipinski definition) is 3. The van der Waals surface area contributed by atoms with Crippen LogP contribution in [0.2, 0.25) is 0 Å². The van der Waals surface area contributed by atoms with E-state index in [0.29, 0.717) is 17.8 Å². The minimum atomic E-state index is -3.55. The van der Waals surface area contributed by atoms with Crippen LogP contribution in [-0.2, 0) is 16.6 Å². The molecule has 1 amide bonds. The Kier molecular flexibility index (Phi) is 6.69. The fourth-order valence-electron chi connectivity index (χ4n) is 3.30. The van der Waals surface area contributed by atoms with Crippen molar-refractivity contribution in [1.82, 2.24) is 5.32 Å². The van der Waals surface area contributed by atoms with Crippen molar-refractivity contribution in [3.63, 3.8) is 0 Å². The molecule has 0 atom stereocenters. The van der Waals surface area contributed by atoms with Gasteiger partial charge >= 0.3 is 0 Å². The zero-order chi connectivity index (χ0) is 20.9. The van der Waals surface area contributed by atoms with Gasteiger partial charge in [-0.25, -0.2) is 12.8 Å². The third-order valence-corrected chi connectivity index (χ3v) is 6.06. The molecular formula is C22H25FN2O3S. The molecule has 0 saturated carbocycles. The quantitative estimate of drug-likeness (QED) is 0.693. The number of carbonyl (C=O) groups excluding carboxylic acids is 1. The molecule has 0 heterocycles. The minimum absolute atomic E-state index is 0.0965. The van der Waals surface area contributed by atoms with Crippen LogP contribution < -0.4 is 9.62 Å². The van der Waals surface area contributed by atoms with E-state index in [0.717, 1.165) is 24.7 Å². The average Bonchev–Trinajstić information content (AvgIpc) is 2.71. The fourth-order valence-corrected chi connectivity index (χ4v) is 4.18. The summed E-state index contributed by atoms with van der Waals surface area (Å²) in [5, 5.41) is 2.94. The number of amides is 1. The molecule has 0 saturated heterocycles. The lowest BCUT2D eigenvalue weighted by Crippen LogP contribution is -2.29. The highest BCUT2D eigenvalue weighted by molar-refractivity contribution is 7.92. The van der Waals surface area contributed by atoms with Crippen molar-refractivity contribution >= 4 is 21.6 Å². The Morgan fingerprint density at radius 2 is 1.76 bits per heavy atom. The number of nitrogens with one attached hydrogen (secondary N) is 1. The highest BCUT2D eigenvalue weighted by Gasteiger charge is 2.18. The SMILES string of the molecule is CS(=O)(=O)N(Cc1ccc(C(=O)NCC2=CCCCC2)cc1)c1ccc(F)cc1. The summed E-state index contributed by atoms with van der Waals surface area (Å²) in [6, 6.07) is 12.1. The molecule has 0 radical (unpaired) electrons. The smallest absolute Gasteiger partial charge is 0.251 e. The van der Waals surface area contributed by atoms with Crippen LogP contribution in [0.25, 0.3) is 0 Å². The Hall–Kier alpha value is -2.67. The maximum atomic E-state index is 13.2. The van der Waals surface area contributed by atoms with Crippen molar-refractivity contribution < 1.29 is 17.6 Å². The standard InChI is InChI=1S/C22H25FN2O3S/c1-29(27,28)25(21-13-11-20(23)12-14-21)16-18-7-9-19(10-8-18)22(26)24-15-17-5-3-2-4-6-17/h5,7-14H,2-4,6,15-16H2,1H3,(H,24,26). The van der Waals surface area contributed by atoms with Crippen LogP contribution in [0.15, 0.2) is 60.2 Å². The van der Waals surface area contributed by atoms with Crippen molar-refractivity contribution in [1.29, 1.82) is 0 Å². The Labute approximate surface area is 171 Å². The van der Waals surface area contributed by atoms with Crippen molar-refractivity contribution in [3.8, 4) is 0 Å². The lowest BCUT2D eigenvalue weighted by Gasteiger charge is -2.22. The first kappa shape index (κ1) is 21.0. The normalized spacial score (nSPS) is 14.2. The molecular weight excluding hydrogens is 391 g/mol. The van der Waals surface area contributed by atoms with Crippen LogP contribution in [0.5, 0.6) is 0 Å². The summed E-state index contributed by atoms with van der Waals surface area (Å²) >= 11 is 0. The van der Waals surface area contributed by atoms with Gasteiger partial charge in [-0.3, -0.25) is 9.10 Å². The van der Waals surface area contributed by atoms with Gasteiger partial charge in [-0.2, -0.15) is 0 Å². The van der Waals surface area contributed by atoms with Crippen LogP contribution in [0.1, 0.15) is 41.6 Å². The molecule has 154 valence electrons. The zero-order valence-electron chi connectivity index (χ0n) is 16.4. The third kappa shape index (κ3) is 5.90. The number of carbonyl (C=O) groups is 1. The minimum Gasteiger partial charge on any atom is -0.348 e. The second kappa shape index (κ2) is 9.22. The summed E-state index contributed by atoms with van der Waals surface area (Å²) < 4.78 is 38.8. The Morgan fingerprint density at radius 3 is 2.34 bits per heavy atom. The predicted octanol–water partition coefficient (Wildman–Crippen LogP) is 4.02. The molecule has 0 spiro atoms. The van der Waals surface area contributed by atoms with Gasteiger partial charge in [-0.15, -0.1) is 0 Å². The molecule has 0 aromatic heterocycles. The number of anilines is 1. The molecule has 5 nitrogen and oxygen atoms in total. The molecule has 0 fully saturated rings. The molecule has 2 aromatic rings. The number of benzene rings is 2. The summed E-state index contributed by atoms with van der Waals surface area (Å²) in [4.78, 5) is 12.4. The molecule has 0 aliphatic heterocycles. The van der Waals surface area contributed by atoms with Gasteiger partial charge in [-0.05, 0) is 67.6 Å². The summed E-state index contributed by atoms with van der Waals surface area (Å²) in [6.45, 7) is 0.659. The highest BCUT2D eigenvalue weighted by atomic mass is 32.2. The Bertz CT molecular complexity index is 984. The summed E-state index contributed by atoms with van der Waals surface area (Å²) in [6.07, 6.45) is 7.79. The van der Waals surface area contributed by atoms with Crippen molar-refractivity contribution in [2.45, 2.75) is 32.2 Å². The molecule has 2 aromatic carbocycles. The van der Waals surface area contributed by atoms with Crippen LogP contribution in [0.4, 0.5) is 10.1 Å². The van der Waals surface area contributed by atoms with Crippen molar-refractivity contribution in [2.24, 2.45) is 0 Å². The van der Waals surface area contributed by atoms with Crippen molar-refractivity contribution in [2.75, 3.05) is 17.1 Å². The second-order valence-electron chi connectivity index (χ2n) is 7.23. The molecule has 7 heteroatoms.